The van der Waals surface area contributed by atoms with E-state index < -0.39 is 0 Å². The maximum atomic E-state index is 6.29. The molecule has 0 aliphatic carbocycles. The average molecular weight is 474 g/mol. The van der Waals surface area contributed by atoms with Crippen LogP contribution in [0.25, 0.3) is 21.9 Å². The molecule has 0 unspecified atom stereocenters. The van der Waals surface area contributed by atoms with E-state index in [4.69, 9.17) is 23.7 Å². The van der Waals surface area contributed by atoms with Crippen LogP contribution in [0, 0.1) is 0 Å². The normalized spacial score (nSPS) is 10.7. The van der Waals surface area contributed by atoms with Gasteiger partial charge >= 0.3 is 0 Å². The fourth-order valence-electron chi connectivity index (χ4n) is 4.18. The predicted octanol–water partition coefficient (Wildman–Crippen LogP) is 6.19. The van der Waals surface area contributed by atoms with Crippen LogP contribution < -0.4 is 28.6 Å². The lowest BCUT2D eigenvalue weighted by molar-refractivity contribution is 0.279. The topological polar surface area (TPSA) is 49.4 Å². The molecule has 35 heavy (non-hydrogen) atoms. The maximum Gasteiger partial charge on any atom is 0.203 e. The lowest BCUT2D eigenvalue weighted by atomic mass is 9.98. The molecule has 0 aliphatic rings. The molecule has 0 heterocycles. The summed E-state index contributed by atoms with van der Waals surface area (Å²) < 4.78 is 28.8. The van der Waals surface area contributed by atoms with Crippen molar-refractivity contribution in [1.82, 2.24) is 0 Å². The first-order valence-electron chi connectivity index (χ1n) is 11.3. The molecule has 0 aromatic heterocycles. The van der Waals surface area contributed by atoms with Crippen molar-refractivity contribution in [3.8, 4) is 39.9 Å². The Morgan fingerprint density at radius 3 is 1.97 bits per heavy atom. The van der Waals surface area contributed by atoms with Crippen molar-refractivity contribution in [2.45, 2.75) is 6.61 Å². The third kappa shape index (κ3) is 4.78. The summed E-state index contributed by atoms with van der Waals surface area (Å²) in [5.41, 5.74) is 4.14. The van der Waals surface area contributed by atoms with Crippen molar-refractivity contribution < 1.29 is 23.7 Å². The van der Waals surface area contributed by atoms with Gasteiger partial charge in [0.1, 0.15) is 6.61 Å². The highest BCUT2D eigenvalue weighted by Gasteiger charge is 2.19. The molecule has 4 aromatic rings. The second-order valence-electron chi connectivity index (χ2n) is 8.27. The minimum absolute atomic E-state index is 0.418. The Labute approximate surface area is 206 Å². The molecular formula is C29H31NO5. The molecule has 182 valence electrons. The fraction of sp³-hybridized carbons (Fsp3) is 0.241. The smallest absolute Gasteiger partial charge is 0.203 e. The van der Waals surface area contributed by atoms with Gasteiger partial charge in [-0.05, 0) is 40.8 Å². The summed E-state index contributed by atoms with van der Waals surface area (Å²) in [4.78, 5) is 2.06. The number of fused-ring (bicyclic) bond motifs is 1. The molecule has 0 saturated heterocycles. The first-order chi connectivity index (χ1) is 17.0. The summed E-state index contributed by atoms with van der Waals surface area (Å²) in [5.74, 6) is 3.19. The molecule has 0 N–H and O–H groups in total. The Morgan fingerprint density at radius 1 is 0.657 bits per heavy atom. The van der Waals surface area contributed by atoms with Crippen molar-refractivity contribution in [2.75, 3.05) is 47.4 Å². The first kappa shape index (κ1) is 24.1. The quantitative estimate of drug-likeness (QED) is 0.289. The molecule has 4 aromatic carbocycles. The molecule has 6 heteroatoms. The molecule has 0 radical (unpaired) electrons. The van der Waals surface area contributed by atoms with Gasteiger partial charge in [0.05, 0.1) is 28.4 Å². The van der Waals surface area contributed by atoms with E-state index in [1.165, 1.54) is 0 Å². The molecule has 0 saturated carbocycles. The maximum absolute atomic E-state index is 6.29. The van der Waals surface area contributed by atoms with Crippen LogP contribution in [0.15, 0.2) is 66.7 Å². The second-order valence-corrected chi connectivity index (χ2v) is 8.27. The van der Waals surface area contributed by atoms with Gasteiger partial charge in [-0.15, -0.1) is 0 Å². The minimum Gasteiger partial charge on any atom is -0.493 e. The predicted molar refractivity (Wildman–Crippen MR) is 141 cm³/mol. The zero-order valence-corrected chi connectivity index (χ0v) is 21.0. The summed E-state index contributed by atoms with van der Waals surface area (Å²) in [6.07, 6.45) is 0. The third-order valence-corrected chi connectivity index (χ3v) is 5.96. The molecule has 4 rings (SSSR count). The number of hydrogen-bond donors (Lipinski definition) is 0. The van der Waals surface area contributed by atoms with Crippen molar-refractivity contribution in [2.24, 2.45) is 0 Å². The molecule has 0 bridgehead atoms. The largest absolute Gasteiger partial charge is 0.493 e. The highest BCUT2D eigenvalue weighted by atomic mass is 16.5. The van der Waals surface area contributed by atoms with E-state index in [2.05, 4.69) is 23.1 Å². The van der Waals surface area contributed by atoms with Crippen LogP contribution in [0.3, 0.4) is 0 Å². The molecule has 6 nitrogen and oxygen atoms in total. The molecule has 0 spiro atoms. The van der Waals surface area contributed by atoms with E-state index in [0.717, 1.165) is 33.2 Å². The van der Waals surface area contributed by atoms with Crippen LogP contribution in [0.5, 0.6) is 28.7 Å². The van der Waals surface area contributed by atoms with Gasteiger partial charge in [-0.3, -0.25) is 0 Å². The lowest BCUT2D eigenvalue weighted by Crippen LogP contribution is -2.10. The molecule has 0 fully saturated rings. The van der Waals surface area contributed by atoms with E-state index in [0.29, 0.717) is 35.4 Å². The van der Waals surface area contributed by atoms with Crippen molar-refractivity contribution in [1.29, 1.82) is 0 Å². The Balaban J connectivity index is 1.86. The number of methoxy groups -OCH3 is 4. The van der Waals surface area contributed by atoms with Gasteiger partial charge in [-0.25, -0.2) is 0 Å². The second kappa shape index (κ2) is 10.5. The highest BCUT2D eigenvalue weighted by molar-refractivity contribution is 5.97. The van der Waals surface area contributed by atoms with Gasteiger partial charge in [0.15, 0.2) is 23.0 Å². The van der Waals surface area contributed by atoms with Crippen LogP contribution in [-0.4, -0.2) is 42.5 Å². The minimum atomic E-state index is 0.418. The summed E-state index contributed by atoms with van der Waals surface area (Å²) in [7, 11) is 10.6. The van der Waals surface area contributed by atoms with E-state index in [9.17, 15) is 0 Å². The summed E-state index contributed by atoms with van der Waals surface area (Å²) >= 11 is 0. The van der Waals surface area contributed by atoms with Crippen LogP contribution in [0.4, 0.5) is 5.69 Å². The van der Waals surface area contributed by atoms with Crippen molar-refractivity contribution >= 4 is 16.5 Å². The van der Waals surface area contributed by atoms with E-state index in [-0.39, 0.29) is 0 Å². The summed E-state index contributed by atoms with van der Waals surface area (Å²) in [6.45, 7) is 0.418. The van der Waals surface area contributed by atoms with Crippen molar-refractivity contribution in [3.05, 3.63) is 72.3 Å². The Morgan fingerprint density at radius 2 is 1.34 bits per heavy atom. The highest BCUT2D eigenvalue weighted by Crippen LogP contribution is 2.46. The Kier molecular flexibility index (Phi) is 7.20. The third-order valence-electron chi connectivity index (χ3n) is 5.96. The number of anilines is 1. The zero-order chi connectivity index (χ0) is 24.9. The van der Waals surface area contributed by atoms with Gasteiger partial charge < -0.3 is 28.6 Å². The van der Waals surface area contributed by atoms with Gasteiger partial charge in [-0.2, -0.15) is 0 Å². The Hall–Kier alpha value is -4.06. The fourth-order valence-corrected chi connectivity index (χ4v) is 4.18. The molecule has 0 atom stereocenters. The SMILES string of the molecule is COc1cc(-c2ccc3c(OCc4ccccc4)c(OC)c(OC)cc3c2)c(N(C)C)cc1OC. The van der Waals surface area contributed by atoms with Crippen molar-refractivity contribution in [3.63, 3.8) is 0 Å². The monoisotopic (exact) mass is 473 g/mol. The van der Waals surface area contributed by atoms with Gasteiger partial charge in [0.25, 0.3) is 0 Å². The summed E-state index contributed by atoms with van der Waals surface area (Å²) in [5, 5.41) is 1.91. The van der Waals surface area contributed by atoms with E-state index >= 15 is 0 Å². The lowest BCUT2D eigenvalue weighted by Gasteiger charge is -2.21. The van der Waals surface area contributed by atoms with Crippen LogP contribution in [-0.2, 0) is 6.61 Å². The van der Waals surface area contributed by atoms with E-state index in [1.807, 2.05) is 62.6 Å². The van der Waals surface area contributed by atoms with Gasteiger partial charge in [0, 0.05) is 36.8 Å². The van der Waals surface area contributed by atoms with Crippen LogP contribution in [0.1, 0.15) is 5.56 Å². The van der Waals surface area contributed by atoms with Gasteiger partial charge in [-0.1, -0.05) is 36.4 Å². The average Bonchev–Trinajstić information content (AvgIpc) is 2.90. The standard InChI is InChI=1S/C29H31NO5/c1-30(2)24-17-26(32-4)25(31-3)16-23(24)20-12-13-22-21(14-20)15-27(33-5)29(34-6)28(22)35-18-19-10-8-7-9-11-19/h7-17H,18H2,1-6H3. The van der Waals surface area contributed by atoms with Gasteiger partial charge in [0.2, 0.25) is 5.75 Å². The van der Waals surface area contributed by atoms with Crippen LogP contribution >= 0.6 is 0 Å². The first-order valence-corrected chi connectivity index (χ1v) is 11.3. The summed E-state index contributed by atoms with van der Waals surface area (Å²) in [6, 6.07) is 22.3. The zero-order valence-electron chi connectivity index (χ0n) is 21.0. The number of nitrogens with zero attached hydrogens (tertiary/aromatic N) is 1. The number of rotatable bonds is 9. The number of ether oxygens (including phenoxy) is 5. The Bertz CT molecular complexity index is 1320. The number of benzene rings is 4. The molecule has 0 aliphatic heterocycles. The van der Waals surface area contributed by atoms with Crippen LogP contribution in [0.2, 0.25) is 0 Å². The number of hydrogen-bond acceptors (Lipinski definition) is 6. The molecular weight excluding hydrogens is 442 g/mol. The molecule has 0 amide bonds. The van der Waals surface area contributed by atoms with E-state index in [1.54, 1.807) is 28.4 Å².